The van der Waals surface area contributed by atoms with Crippen LogP contribution >= 0.6 is 0 Å². The number of hydrogen-bond acceptors (Lipinski definition) is 3. The van der Waals surface area contributed by atoms with Crippen molar-refractivity contribution in [1.29, 1.82) is 0 Å². The van der Waals surface area contributed by atoms with Crippen LogP contribution in [0.15, 0.2) is 24.3 Å². The minimum Gasteiger partial charge on any atom is -0.492 e. The Morgan fingerprint density at radius 1 is 1.22 bits per heavy atom. The van der Waals surface area contributed by atoms with Crippen molar-refractivity contribution >= 4 is 0 Å². The third-order valence-corrected chi connectivity index (χ3v) is 2.35. The highest BCUT2D eigenvalue weighted by Crippen LogP contribution is 2.15. The van der Waals surface area contributed by atoms with Crippen molar-refractivity contribution < 1.29 is 17.9 Å². The maximum atomic E-state index is 12.0. The van der Waals surface area contributed by atoms with E-state index < -0.39 is 12.7 Å². The van der Waals surface area contributed by atoms with Crippen LogP contribution in [0.1, 0.15) is 5.56 Å². The molecule has 18 heavy (non-hydrogen) atoms. The third kappa shape index (κ3) is 5.88. The molecule has 3 nitrogen and oxygen atoms in total. The molecule has 0 bridgehead atoms. The SMILES string of the molecule is CN(CCOc1ccc(CN)cc1)CC(F)(F)F. The summed E-state index contributed by atoms with van der Waals surface area (Å²) in [7, 11) is 1.41. The topological polar surface area (TPSA) is 38.5 Å². The van der Waals surface area contributed by atoms with Crippen LogP contribution in [0.2, 0.25) is 0 Å². The molecule has 102 valence electrons. The molecule has 1 rings (SSSR count). The highest BCUT2D eigenvalue weighted by molar-refractivity contribution is 5.27. The summed E-state index contributed by atoms with van der Waals surface area (Å²) in [5.41, 5.74) is 6.43. The second-order valence-electron chi connectivity index (χ2n) is 4.05. The van der Waals surface area contributed by atoms with E-state index >= 15 is 0 Å². The van der Waals surface area contributed by atoms with Gasteiger partial charge in [0.05, 0.1) is 6.54 Å². The molecule has 0 saturated heterocycles. The molecule has 1 aromatic carbocycles. The molecule has 1 aromatic rings. The van der Waals surface area contributed by atoms with Crippen molar-refractivity contribution in [3.05, 3.63) is 29.8 Å². The number of alkyl halides is 3. The van der Waals surface area contributed by atoms with Gasteiger partial charge in [0.25, 0.3) is 0 Å². The van der Waals surface area contributed by atoms with Crippen LogP contribution in [0.4, 0.5) is 13.2 Å². The molecule has 0 atom stereocenters. The minimum absolute atomic E-state index is 0.217. The van der Waals surface area contributed by atoms with Crippen LogP contribution in [0, 0.1) is 0 Å². The van der Waals surface area contributed by atoms with Gasteiger partial charge in [-0.15, -0.1) is 0 Å². The third-order valence-electron chi connectivity index (χ3n) is 2.35. The lowest BCUT2D eigenvalue weighted by molar-refractivity contribution is -0.143. The average molecular weight is 262 g/mol. The van der Waals surface area contributed by atoms with Gasteiger partial charge >= 0.3 is 6.18 Å². The molecule has 0 amide bonds. The normalized spacial score (nSPS) is 11.9. The molecule has 0 radical (unpaired) electrons. The summed E-state index contributed by atoms with van der Waals surface area (Å²) in [5.74, 6) is 0.632. The zero-order valence-electron chi connectivity index (χ0n) is 10.2. The monoisotopic (exact) mass is 262 g/mol. The first-order valence-corrected chi connectivity index (χ1v) is 5.58. The van der Waals surface area contributed by atoms with Crippen LogP contribution in [0.3, 0.4) is 0 Å². The Balaban J connectivity index is 2.28. The van der Waals surface area contributed by atoms with E-state index in [1.165, 1.54) is 11.9 Å². The van der Waals surface area contributed by atoms with Gasteiger partial charge in [-0.1, -0.05) is 12.1 Å². The number of halogens is 3. The van der Waals surface area contributed by atoms with Gasteiger partial charge in [0.15, 0.2) is 0 Å². The fourth-order valence-electron chi connectivity index (χ4n) is 1.43. The molecule has 0 aromatic heterocycles. The molecule has 6 heteroatoms. The van der Waals surface area contributed by atoms with Gasteiger partial charge in [0.2, 0.25) is 0 Å². The highest BCUT2D eigenvalue weighted by Gasteiger charge is 2.28. The first kappa shape index (κ1) is 14.8. The Labute approximate surface area is 104 Å². The van der Waals surface area contributed by atoms with E-state index in [4.69, 9.17) is 10.5 Å². The molecule has 0 heterocycles. The summed E-state index contributed by atoms with van der Waals surface area (Å²) in [5, 5.41) is 0. The van der Waals surface area contributed by atoms with Crippen LogP contribution in [-0.2, 0) is 6.54 Å². The van der Waals surface area contributed by atoms with Crippen LogP contribution in [0.5, 0.6) is 5.75 Å². The predicted molar refractivity (Wildman–Crippen MR) is 63.4 cm³/mol. The number of rotatable bonds is 6. The molecule has 2 N–H and O–H groups in total. The first-order valence-electron chi connectivity index (χ1n) is 5.58. The summed E-state index contributed by atoms with van der Waals surface area (Å²) in [6.07, 6.45) is -4.17. The minimum atomic E-state index is -4.17. The van der Waals surface area contributed by atoms with Crippen LogP contribution in [-0.4, -0.2) is 37.8 Å². The standard InChI is InChI=1S/C12H17F3N2O/c1-17(9-12(13,14)15)6-7-18-11-4-2-10(8-16)3-5-11/h2-5H,6-9,16H2,1H3. The zero-order chi connectivity index (χ0) is 13.6. The van der Waals surface area contributed by atoms with Gasteiger partial charge in [0.1, 0.15) is 12.4 Å². The van der Waals surface area contributed by atoms with Gasteiger partial charge in [-0.2, -0.15) is 13.2 Å². The van der Waals surface area contributed by atoms with Gasteiger partial charge in [-0.3, -0.25) is 4.90 Å². The smallest absolute Gasteiger partial charge is 0.401 e. The van der Waals surface area contributed by atoms with Gasteiger partial charge in [-0.05, 0) is 24.7 Å². The quantitative estimate of drug-likeness (QED) is 0.852. The van der Waals surface area contributed by atoms with Crippen molar-refractivity contribution in [1.82, 2.24) is 4.90 Å². The van der Waals surface area contributed by atoms with Crippen molar-refractivity contribution in [3.8, 4) is 5.75 Å². The summed E-state index contributed by atoms with van der Waals surface area (Å²) < 4.78 is 41.5. The van der Waals surface area contributed by atoms with Crippen LogP contribution < -0.4 is 10.5 Å². The van der Waals surface area contributed by atoms with E-state index in [1.807, 2.05) is 12.1 Å². The average Bonchev–Trinajstić information content (AvgIpc) is 2.27. The number of nitrogens with two attached hydrogens (primary N) is 1. The molecule has 0 aliphatic rings. The molecule has 0 fully saturated rings. The molecule has 0 aliphatic carbocycles. The first-order chi connectivity index (χ1) is 8.40. The number of benzene rings is 1. The number of likely N-dealkylation sites (N-methyl/N-ethyl adjacent to an activating group) is 1. The van der Waals surface area contributed by atoms with Gasteiger partial charge in [0, 0.05) is 13.1 Å². The number of hydrogen-bond donors (Lipinski definition) is 1. The van der Waals surface area contributed by atoms with E-state index in [0.29, 0.717) is 12.3 Å². The Morgan fingerprint density at radius 3 is 2.33 bits per heavy atom. The molecule has 0 saturated carbocycles. The van der Waals surface area contributed by atoms with Gasteiger partial charge in [-0.25, -0.2) is 0 Å². The molecular formula is C12H17F3N2O. The zero-order valence-corrected chi connectivity index (χ0v) is 10.2. The fourth-order valence-corrected chi connectivity index (χ4v) is 1.43. The molecule has 0 aliphatic heterocycles. The summed E-state index contributed by atoms with van der Waals surface area (Å²) in [6.45, 7) is -0.0379. The molecular weight excluding hydrogens is 245 g/mol. The van der Waals surface area contributed by atoms with Crippen molar-refractivity contribution in [3.63, 3.8) is 0 Å². The van der Waals surface area contributed by atoms with Crippen molar-refractivity contribution in [2.45, 2.75) is 12.7 Å². The lowest BCUT2D eigenvalue weighted by atomic mass is 10.2. The van der Waals surface area contributed by atoms with Crippen molar-refractivity contribution in [2.24, 2.45) is 5.73 Å². The second kappa shape index (κ2) is 6.61. The number of ether oxygens (including phenoxy) is 1. The lowest BCUT2D eigenvalue weighted by Crippen LogP contribution is -2.33. The van der Waals surface area contributed by atoms with Gasteiger partial charge < -0.3 is 10.5 Å². The Morgan fingerprint density at radius 2 is 1.83 bits per heavy atom. The largest absolute Gasteiger partial charge is 0.492 e. The maximum absolute atomic E-state index is 12.0. The van der Waals surface area contributed by atoms with E-state index in [0.717, 1.165) is 5.56 Å². The van der Waals surface area contributed by atoms with Crippen LogP contribution in [0.25, 0.3) is 0 Å². The summed E-state index contributed by atoms with van der Waals surface area (Å²) in [4.78, 5) is 1.17. The fraction of sp³-hybridized carbons (Fsp3) is 0.500. The maximum Gasteiger partial charge on any atom is 0.401 e. The van der Waals surface area contributed by atoms with E-state index in [1.54, 1.807) is 12.1 Å². The molecule has 0 unspecified atom stereocenters. The Hall–Kier alpha value is -1.27. The van der Waals surface area contributed by atoms with E-state index in [-0.39, 0.29) is 13.2 Å². The van der Waals surface area contributed by atoms with E-state index in [2.05, 4.69) is 0 Å². The summed E-state index contributed by atoms with van der Waals surface area (Å²) >= 11 is 0. The number of nitrogens with zero attached hydrogens (tertiary/aromatic N) is 1. The molecule has 0 spiro atoms. The predicted octanol–water partition coefficient (Wildman–Crippen LogP) is 2.02. The Kier molecular flexibility index (Phi) is 5.43. The highest BCUT2D eigenvalue weighted by atomic mass is 19.4. The van der Waals surface area contributed by atoms with Crippen molar-refractivity contribution in [2.75, 3.05) is 26.7 Å². The second-order valence-corrected chi connectivity index (χ2v) is 4.05. The lowest BCUT2D eigenvalue weighted by Gasteiger charge is -2.18. The van der Waals surface area contributed by atoms with E-state index in [9.17, 15) is 13.2 Å². The Bertz CT molecular complexity index is 351. The summed E-state index contributed by atoms with van der Waals surface area (Å²) in [6, 6.07) is 7.17.